The minimum atomic E-state index is 0.0399. The van der Waals surface area contributed by atoms with Crippen LogP contribution in [-0.2, 0) is 13.2 Å². The summed E-state index contributed by atoms with van der Waals surface area (Å²) >= 11 is 0. The maximum atomic E-state index is 9.46. The van der Waals surface area contributed by atoms with Gasteiger partial charge in [0.2, 0.25) is 0 Å². The van der Waals surface area contributed by atoms with E-state index in [9.17, 15) is 10.2 Å². The lowest BCUT2D eigenvalue weighted by Crippen LogP contribution is -1.89. The summed E-state index contributed by atoms with van der Waals surface area (Å²) in [5.74, 6) is 0. The van der Waals surface area contributed by atoms with Crippen LogP contribution in [-0.4, -0.2) is 10.2 Å². The van der Waals surface area contributed by atoms with Crippen LogP contribution in [0.25, 0.3) is 21.5 Å². The lowest BCUT2D eigenvalue weighted by molar-refractivity contribution is 0.282. The molecule has 0 spiro atoms. The van der Waals surface area contributed by atoms with Gasteiger partial charge in [-0.3, -0.25) is 0 Å². The second-order valence-electron chi connectivity index (χ2n) is 4.45. The molecule has 2 heteroatoms. The number of hydrogen-bond donors (Lipinski definition) is 2. The number of aliphatic hydroxyl groups excluding tert-OH is 2. The molecule has 2 N–H and O–H groups in total. The zero-order valence-electron chi connectivity index (χ0n) is 9.93. The third-order valence-electron chi connectivity index (χ3n) is 3.36. The van der Waals surface area contributed by atoms with Crippen molar-refractivity contribution in [2.75, 3.05) is 0 Å². The third-order valence-corrected chi connectivity index (χ3v) is 3.36. The molecular weight excluding hydrogens is 224 g/mol. The molecule has 0 unspecified atom stereocenters. The lowest BCUT2D eigenvalue weighted by atomic mass is 9.96. The fourth-order valence-corrected chi connectivity index (χ4v) is 2.46. The van der Waals surface area contributed by atoms with Crippen LogP contribution in [0.2, 0.25) is 0 Å². The lowest BCUT2D eigenvalue weighted by Gasteiger charge is -2.09. The van der Waals surface area contributed by atoms with E-state index < -0.39 is 0 Å². The van der Waals surface area contributed by atoms with Gasteiger partial charge in [0, 0.05) is 0 Å². The highest BCUT2D eigenvalue weighted by Gasteiger charge is 2.06. The largest absolute Gasteiger partial charge is 0.392 e. The van der Waals surface area contributed by atoms with Gasteiger partial charge in [0.25, 0.3) is 0 Å². The van der Waals surface area contributed by atoms with Crippen molar-refractivity contribution in [3.8, 4) is 0 Å². The second-order valence-corrected chi connectivity index (χ2v) is 4.45. The average molecular weight is 238 g/mol. The normalized spacial score (nSPS) is 11.2. The van der Waals surface area contributed by atoms with Gasteiger partial charge in [-0.15, -0.1) is 0 Å². The van der Waals surface area contributed by atoms with Gasteiger partial charge in [-0.05, 0) is 44.8 Å². The first kappa shape index (κ1) is 11.2. The fraction of sp³-hybridized carbons (Fsp3) is 0.125. The van der Waals surface area contributed by atoms with Gasteiger partial charge in [-0.25, -0.2) is 0 Å². The predicted molar refractivity (Wildman–Crippen MR) is 73.3 cm³/mol. The molecule has 0 aliphatic carbocycles. The van der Waals surface area contributed by atoms with Crippen LogP contribution in [0.15, 0.2) is 48.5 Å². The Morgan fingerprint density at radius 3 is 2.22 bits per heavy atom. The third kappa shape index (κ3) is 1.67. The number of hydrogen-bond acceptors (Lipinski definition) is 2. The molecule has 0 aliphatic rings. The van der Waals surface area contributed by atoms with Crippen molar-refractivity contribution >= 4 is 21.5 Å². The van der Waals surface area contributed by atoms with Gasteiger partial charge >= 0.3 is 0 Å². The highest BCUT2D eigenvalue weighted by atomic mass is 16.3. The molecule has 0 aliphatic heterocycles. The van der Waals surface area contributed by atoms with Crippen molar-refractivity contribution in [1.29, 1.82) is 0 Å². The summed E-state index contributed by atoms with van der Waals surface area (Å²) in [7, 11) is 0. The first-order chi connectivity index (χ1) is 8.83. The summed E-state index contributed by atoms with van der Waals surface area (Å²) in [6.45, 7) is 0.0875. The number of aliphatic hydroxyl groups is 2. The monoisotopic (exact) mass is 238 g/mol. The second kappa shape index (κ2) is 4.41. The Balaban J connectivity index is 2.48. The molecule has 3 aromatic carbocycles. The van der Waals surface area contributed by atoms with Crippen LogP contribution >= 0.6 is 0 Å². The summed E-state index contributed by atoms with van der Waals surface area (Å²) in [5, 5.41) is 23.1. The minimum Gasteiger partial charge on any atom is -0.392 e. The van der Waals surface area contributed by atoms with Crippen LogP contribution < -0.4 is 0 Å². The molecule has 0 radical (unpaired) electrons. The molecule has 90 valence electrons. The Morgan fingerprint density at radius 1 is 0.722 bits per heavy atom. The molecule has 3 aromatic rings. The van der Waals surface area contributed by atoms with Gasteiger partial charge < -0.3 is 10.2 Å². The van der Waals surface area contributed by atoms with Crippen molar-refractivity contribution in [2.24, 2.45) is 0 Å². The van der Waals surface area contributed by atoms with Crippen LogP contribution in [0.1, 0.15) is 11.1 Å². The molecule has 0 fully saturated rings. The Hall–Kier alpha value is -1.90. The number of benzene rings is 3. The number of rotatable bonds is 2. The van der Waals surface area contributed by atoms with Crippen molar-refractivity contribution in [3.63, 3.8) is 0 Å². The van der Waals surface area contributed by atoms with Crippen LogP contribution in [0.3, 0.4) is 0 Å². The first-order valence-corrected chi connectivity index (χ1v) is 5.98. The molecule has 0 atom stereocenters. The van der Waals surface area contributed by atoms with Crippen molar-refractivity contribution in [3.05, 3.63) is 59.7 Å². The van der Waals surface area contributed by atoms with E-state index in [4.69, 9.17) is 0 Å². The van der Waals surface area contributed by atoms with Crippen molar-refractivity contribution in [2.45, 2.75) is 13.2 Å². The van der Waals surface area contributed by atoms with Crippen LogP contribution in [0.4, 0.5) is 0 Å². The molecule has 0 saturated carbocycles. The Bertz CT molecular complexity index is 717. The summed E-state index contributed by atoms with van der Waals surface area (Å²) in [4.78, 5) is 0. The summed E-state index contributed by atoms with van der Waals surface area (Å²) in [5.41, 5.74) is 1.85. The summed E-state index contributed by atoms with van der Waals surface area (Å²) in [6, 6.07) is 16.0. The molecule has 0 saturated heterocycles. The van der Waals surface area contributed by atoms with E-state index in [0.717, 1.165) is 32.7 Å². The maximum Gasteiger partial charge on any atom is 0.0688 e. The maximum absolute atomic E-state index is 9.46. The van der Waals surface area contributed by atoms with Crippen LogP contribution in [0.5, 0.6) is 0 Å². The summed E-state index contributed by atoms with van der Waals surface area (Å²) in [6.07, 6.45) is 0. The van der Waals surface area contributed by atoms with Gasteiger partial charge in [0.05, 0.1) is 13.2 Å². The summed E-state index contributed by atoms with van der Waals surface area (Å²) < 4.78 is 0. The first-order valence-electron chi connectivity index (χ1n) is 5.98. The SMILES string of the molecule is OCc1ccc2cc(CO)c3ccccc3c2c1. The zero-order valence-corrected chi connectivity index (χ0v) is 9.93. The predicted octanol–water partition coefficient (Wildman–Crippen LogP) is 2.98. The van der Waals surface area contributed by atoms with E-state index in [1.165, 1.54) is 0 Å². The van der Waals surface area contributed by atoms with E-state index in [1.807, 2.05) is 42.5 Å². The minimum absolute atomic E-state index is 0.0399. The molecular formula is C16H14O2. The smallest absolute Gasteiger partial charge is 0.0688 e. The molecule has 0 heterocycles. The van der Waals surface area contributed by atoms with Gasteiger partial charge in [-0.2, -0.15) is 0 Å². The van der Waals surface area contributed by atoms with Crippen molar-refractivity contribution < 1.29 is 10.2 Å². The van der Waals surface area contributed by atoms with E-state index in [0.29, 0.717) is 0 Å². The highest BCUT2D eigenvalue weighted by molar-refractivity contribution is 6.09. The molecule has 18 heavy (non-hydrogen) atoms. The topological polar surface area (TPSA) is 40.5 Å². The average Bonchev–Trinajstić information content (AvgIpc) is 2.45. The zero-order chi connectivity index (χ0) is 12.5. The molecule has 0 bridgehead atoms. The van der Waals surface area contributed by atoms with E-state index in [-0.39, 0.29) is 13.2 Å². The van der Waals surface area contributed by atoms with E-state index >= 15 is 0 Å². The molecule has 2 nitrogen and oxygen atoms in total. The van der Waals surface area contributed by atoms with E-state index in [1.54, 1.807) is 0 Å². The Kier molecular flexibility index (Phi) is 2.74. The van der Waals surface area contributed by atoms with Gasteiger partial charge in [-0.1, -0.05) is 36.4 Å². The Labute approximate surface area is 105 Å². The van der Waals surface area contributed by atoms with Gasteiger partial charge in [0.1, 0.15) is 0 Å². The molecule has 0 aromatic heterocycles. The standard InChI is InChI=1S/C16H14O2/c17-9-11-5-6-12-8-13(10-18)14-3-1-2-4-15(14)16(12)7-11/h1-8,17-18H,9-10H2. The fourth-order valence-electron chi connectivity index (χ4n) is 2.46. The highest BCUT2D eigenvalue weighted by Crippen LogP contribution is 2.29. The van der Waals surface area contributed by atoms with Gasteiger partial charge in [0.15, 0.2) is 0 Å². The van der Waals surface area contributed by atoms with Crippen molar-refractivity contribution in [1.82, 2.24) is 0 Å². The quantitative estimate of drug-likeness (QED) is 0.674. The Morgan fingerprint density at radius 2 is 1.50 bits per heavy atom. The van der Waals surface area contributed by atoms with Crippen LogP contribution in [0, 0.1) is 0 Å². The number of fused-ring (bicyclic) bond motifs is 3. The van der Waals surface area contributed by atoms with E-state index in [2.05, 4.69) is 6.07 Å². The molecule has 3 rings (SSSR count). The molecule has 0 amide bonds.